The molecule has 0 bridgehead atoms. The summed E-state index contributed by atoms with van der Waals surface area (Å²) in [6.07, 6.45) is 0. The number of carbonyl (C=O) groups is 1. The largest absolute Gasteiger partial charge is 0.368 e. The van der Waals surface area contributed by atoms with Gasteiger partial charge in [-0.05, 0) is 12.1 Å². The smallest absolute Gasteiger partial charge is 0.293 e. The van der Waals surface area contributed by atoms with E-state index >= 15 is 0 Å². The van der Waals surface area contributed by atoms with Crippen molar-refractivity contribution >= 4 is 27.3 Å². The van der Waals surface area contributed by atoms with E-state index in [1.54, 1.807) is 18.7 Å². The number of benzene rings is 1. The van der Waals surface area contributed by atoms with Gasteiger partial charge < -0.3 is 16.0 Å². The Morgan fingerprint density at radius 2 is 2.08 bits per heavy atom. The number of nitrogens with zero attached hydrogens (tertiary/aromatic N) is 3. The molecule has 1 aromatic carbocycles. The van der Waals surface area contributed by atoms with Crippen LogP contribution >= 0.6 is 0 Å². The summed E-state index contributed by atoms with van der Waals surface area (Å²) in [5.41, 5.74) is 5.25. The number of carbonyl (C=O) groups excluding carboxylic acids is 1. The monoisotopic (exact) mass is 385 g/mol. The van der Waals surface area contributed by atoms with Gasteiger partial charge in [-0.2, -0.15) is 4.31 Å². The van der Waals surface area contributed by atoms with Gasteiger partial charge in [-0.15, -0.1) is 0 Å². The van der Waals surface area contributed by atoms with Crippen LogP contribution in [-0.4, -0.2) is 62.3 Å². The summed E-state index contributed by atoms with van der Waals surface area (Å²) >= 11 is 0. The van der Waals surface area contributed by atoms with E-state index in [-0.39, 0.29) is 35.9 Å². The van der Waals surface area contributed by atoms with Gasteiger partial charge in [-0.25, -0.2) is 8.42 Å². The fourth-order valence-electron chi connectivity index (χ4n) is 2.95. The maximum atomic E-state index is 12.6. The minimum Gasteiger partial charge on any atom is -0.368 e. The molecule has 0 aliphatic carbocycles. The Morgan fingerprint density at radius 1 is 1.42 bits per heavy atom. The lowest BCUT2D eigenvalue weighted by atomic mass is 10.1. The highest BCUT2D eigenvalue weighted by molar-refractivity contribution is 7.89. The number of nitrogens with one attached hydrogen (secondary N) is 1. The number of sulfonamides is 1. The highest BCUT2D eigenvalue weighted by atomic mass is 32.2. The molecule has 0 saturated carbocycles. The summed E-state index contributed by atoms with van der Waals surface area (Å²) in [4.78, 5) is 23.8. The van der Waals surface area contributed by atoms with Crippen molar-refractivity contribution in [2.45, 2.75) is 24.8 Å². The van der Waals surface area contributed by atoms with Crippen LogP contribution in [0.1, 0.15) is 13.8 Å². The van der Waals surface area contributed by atoms with Crippen LogP contribution in [0.5, 0.6) is 0 Å². The van der Waals surface area contributed by atoms with Crippen molar-refractivity contribution in [2.24, 2.45) is 5.73 Å². The van der Waals surface area contributed by atoms with Gasteiger partial charge in [-0.1, -0.05) is 13.8 Å². The van der Waals surface area contributed by atoms with Crippen LogP contribution in [0.15, 0.2) is 23.1 Å². The van der Waals surface area contributed by atoms with Crippen molar-refractivity contribution in [3.05, 3.63) is 28.3 Å². The number of nitro groups is 1. The molecule has 3 N–H and O–H groups in total. The highest BCUT2D eigenvalue weighted by Crippen LogP contribution is 2.32. The first-order chi connectivity index (χ1) is 12.2. The Kier molecular flexibility index (Phi) is 6.16. The normalized spacial score (nSPS) is 18.1. The number of anilines is 1. The van der Waals surface area contributed by atoms with Crippen LogP contribution in [0.2, 0.25) is 0 Å². The van der Waals surface area contributed by atoms with Gasteiger partial charge in [-0.3, -0.25) is 14.9 Å². The summed E-state index contributed by atoms with van der Waals surface area (Å²) in [6.45, 7) is 5.00. The minimum absolute atomic E-state index is 0.127. The molecule has 1 amide bonds. The van der Waals surface area contributed by atoms with Gasteiger partial charge in [0.15, 0.2) is 0 Å². The number of nitrogens with two attached hydrogens (primary N) is 1. The van der Waals surface area contributed by atoms with E-state index in [1.807, 2.05) is 0 Å². The molecule has 1 aromatic rings. The van der Waals surface area contributed by atoms with Crippen molar-refractivity contribution in [1.82, 2.24) is 9.62 Å². The van der Waals surface area contributed by atoms with Gasteiger partial charge in [0.25, 0.3) is 5.69 Å². The molecule has 0 spiro atoms. The van der Waals surface area contributed by atoms with E-state index in [0.717, 1.165) is 6.07 Å². The molecule has 11 heteroatoms. The second-order valence-corrected chi connectivity index (χ2v) is 7.79. The average Bonchev–Trinajstić information content (AvgIpc) is 2.62. The fourth-order valence-corrected chi connectivity index (χ4v) is 4.43. The van der Waals surface area contributed by atoms with Crippen LogP contribution in [0.3, 0.4) is 0 Å². The summed E-state index contributed by atoms with van der Waals surface area (Å²) in [6, 6.07) is 3.22. The maximum Gasteiger partial charge on any atom is 0.293 e. The quantitative estimate of drug-likeness (QED) is 0.493. The van der Waals surface area contributed by atoms with E-state index in [0.29, 0.717) is 13.1 Å². The number of amides is 1. The molecule has 1 atom stereocenters. The first-order valence-electron chi connectivity index (χ1n) is 8.28. The van der Waals surface area contributed by atoms with Crippen molar-refractivity contribution in [3.63, 3.8) is 0 Å². The number of hydrogen-bond donors (Lipinski definition) is 2. The number of hydrogen-bond acceptors (Lipinski definition) is 7. The Morgan fingerprint density at radius 3 is 2.62 bits per heavy atom. The fraction of sp³-hybridized carbons (Fsp3) is 0.533. The van der Waals surface area contributed by atoms with Crippen LogP contribution in [0.25, 0.3) is 0 Å². The van der Waals surface area contributed by atoms with Crippen LogP contribution in [0, 0.1) is 10.1 Å². The summed E-state index contributed by atoms with van der Waals surface area (Å²) in [5.74, 6) is -0.543. The molecule has 0 radical (unpaired) electrons. The SMILES string of the molecule is CCN(CC)S(=O)(=O)c1ccc(N2CCN[C@@H](C(N)=O)C2)c([N+](=O)[O-])c1. The van der Waals surface area contributed by atoms with E-state index < -0.39 is 26.9 Å². The van der Waals surface area contributed by atoms with Gasteiger partial charge in [0, 0.05) is 38.8 Å². The molecule has 1 aliphatic rings. The maximum absolute atomic E-state index is 12.6. The molecule has 0 aromatic heterocycles. The molecular weight excluding hydrogens is 362 g/mol. The number of primary amides is 1. The Hall–Kier alpha value is -2.24. The molecule has 0 unspecified atom stereocenters. The molecule has 1 saturated heterocycles. The van der Waals surface area contributed by atoms with Crippen LogP contribution in [0.4, 0.5) is 11.4 Å². The topological polar surface area (TPSA) is 139 Å². The molecule has 1 aliphatic heterocycles. The molecule has 1 heterocycles. The third kappa shape index (κ3) is 3.94. The average molecular weight is 385 g/mol. The molecule has 2 rings (SSSR count). The number of piperazine rings is 1. The van der Waals surface area contributed by atoms with Crippen molar-refractivity contribution in [1.29, 1.82) is 0 Å². The molecule has 26 heavy (non-hydrogen) atoms. The summed E-state index contributed by atoms with van der Waals surface area (Å²) < 4.78 is 26.5. The zero-order valence-electron chi connectivity index (χ0n) is 14.7. The first-order valence-corrected chi connectivity index (χ1v) is 9.72. The Labute approximate surface area is 152 Å². The van der Waals surface area contributed by atoms with E-state index in [1.165, 1.54) is 16.4 Å². The second kappa shape index (κ2) is 7.98. The standard InChI is InChI=1S/C15H23N5O5S/c1-3-19(4-2)26(24,25)11-5-6-13(14(9-11)20(22)23)18-8-7-17-12(10-18)15(16)21/h5-6,9,12,17H,3-4,7-8,10H2,1-2H3,(H2,16,21)/t12-/m1/s1. The summed E-state index contributed by atoms with van der Waals surface area (Å²) in [7, 11) is -3.81. The Bertz CT molecular complexity index is 794. The lowest BCUT2D eigenvalue weighted by Gasteiger charge is -2.33. The van der Waals surface area contributed by atoms with Crippen molar-refractivity contribution in [3.8, 4) is 0 Å². The lowest BCUT2D eigenvalue weighted by molar-refractivity contribution is -0.384. The summed E-state index contributed by atoms with van der Waals surface area (Å²) in [5, 5.41) is 14.5. The Balaban J connectivity index is 2.44. The predicted molar refractivity (Wildman–Crippen MR) is 96.4 cm³/mol. The van der Waals surface area contributed by atoms with E-state index in [9.17, 15) is 23.3 Å². The third-order valence-electron chi connectivity index (χ3n) is 4.35. The van der Waals surface area contributed by atoms with E-state index in [2.05, 4.69) is 5.32 Å². The minimum atomic E-state index is -3.81. The number of rotatable bonds is 7. The zero-order chi connectivity index (χ0) is 19.5. The van der Waals surface area contributed by atoms with Gasteiger partial charge in [0.2, 0.25) is 15.9 Å². The molecule has 10 nitrogen and oxygen atoms in total. The van der Waals surface area contributed by atoms with Crippen molar-refractivity contribution in [2.75, 3.05) is 37.6 Å². The lowest BCUT2D eigenvalue weighted by Crippen LogP contribution is -2.56. The van der Waals surface area contributed by atoms with Crippen LogP contribution in [-0.2, 0) is 14.8 Å². The van der Waals surface area contributed by atoms with Crippen LogP contribution < -0.4 is 16.0 Å². The zero-order valence-corrected chi connectivity index (χ0v) is 15.5. The molecule has 144 valence electrons. The van der Waals surface area contributed by atoms with Gasteiger partial charge in [0.1, 0.15) is 11.7 Å². The van der Waals surface area contributed by atoms with Crippen molar-refractivity contribution < 1.29 is 18.1 Å². The van der Waals surface area contributed by atoms with Gasteiger partial charge in [0.05, 0.1) is 9.82 Å². The number of nitro benzene ring substituents is 1. The third-order valence-corrected chi connectivity index (χ3v) is 6.39. The molecule has 1 fully saturated rings. The van der Waals surface area contributed by atoms with Gasteiger partial charge >= 0.3 is 0 Å². The first kappa shape index (κ1) is 20.1. The molecular formula is C15H23N5O5S. The predicted octanol–water partition coefficient (Wildman–Crippen LogP) is -0.111. The highest BCUT2D eigenvalue weighted by Gasteiger charge is 2.30. The van der Waals surface area contributed by atoms with E-state index in [4.69, 9.17) is 5.73 Å². The second-order valence-electron chi connectivity index (χ2n) is 5.85.